The highest BCUT2D eigenvalue weighted by Gasteiger charge is 2.80. The first-order chi connectivity index (χ1) is 22.8. The third kappa shape index (κ3) is 4.94. The number of carbonyl (C=O) groups is 3. The summed E-state index contributed by atoms with van der Waals surface area (Å²) in [6.07, 6.45) is -14.2. The number of hydrogen-bond donors (Lipinski definition) is 6. The van der Waals surface area contributed by atoms with Crippen molar-refractivity contribution in [1.82, 2.24) is 0 Å². The molecule has 7 N–H and O–H groups in total. The molecule has 0 heterocycles. The summed E-state index contributed by atoms with van der Waals surface area (Å²) in [5.74, 6) is -11.0. The second-order valence-corrected chi connectivity index (χ2v) is 14.5. The lowest BCUT2D eigenvalue weighted by Crippen LogP contribution is -2.83. The summed E-state index contributed by atoms with van der Waals surface area (Å²) in [7, 11) is 0. The van der Waals surface area contributed by atoms with Crippen molar-refractivity contribution in [3.8, 4) is 5.75 Å². The van der Waals surface area contributed by atoms with E-state index < -0.39 is 122 Å². The number of alkyl halides is 6. The Kier molecular flexibility index (Phi) is 8.71. The topological polar surface area (TPSA) is 178 Å². The Balaban J connectivity index is 1.67. The maximum absolute atomic E-state index is 14.4. The average Bonchev–Trinajstić information content (AvgIpc) is 2.99. The van der Waals surface area contributed by atoms with Crippen LogP contribution in [0.1, 0.15) is 78.7 Å². The summed E-state index contributed by atoms with van der Waals surface area (Å²) in [5.41, 5.74) is -5.41. The first-order valence-corrected chi connectivity index (χ1v) is 15.8. The summed E-state index contributed by atoms with van der Waals surface area (Å²) in [6, 6.07) is 3.54. The molecule has 2 fully saturated rings. The van der Waals surface area contributed by atoms with Crippen molar-refractivity contribution in [2.45, 2.75) is 76.8 Å². The van der Waals surface area contributed by atoms with Crippen molar-refractivity contribution in [3.05, 3.63) is 63.7 Å². The number of amides is 1. The lowest BCUT2D eigenvalue weighted by molar-refractivity contribution is -0.306. The van der Waals surface area contributed by atoms with Gasteiger partial charge in [0.15, 0.2) is 17.2 Å². The number of benzene rings is 2. The zero-order chi connectivity index (χ0) is 37.8. The number of Topliss-reactive ketones (excluding diaryl/α,β-unsaturated/α-hetero) is 2. The molecule has 0 aliphatic heterocycles. The number of halogens is 6. The van der Waals surface area contributed by atoms with E-state index in [9.17, 15) is 66.3 Å². The molecule has 3 aliphatic carbocycles. The number of aliphatic hydroxyl groups is 4. The van der Waals surface area contributed by atoms with E-state index >= 15 is 0 Å². The molecule has 272 valence electrons. The molecule has 0 bridgehead atoms. The van der Waals surface area contributed by atoms with E-state index in [0.717, 1.165) is 12.2 Å². The maximum atomic E-state index is 14.4. The van der Waals surface area contributed by atoms with Gasteiger partial charge in [-0.05, 0) is 47.1 Å². The minimum absolute atomic E-state index is 0.0413. The van der Waals surface area contributed by atoms with E-state index in [2.05, 4.69) is 0 Å². The van der Waals surface area contributed by atoms with Crippen LogP contribution in [0.15, 0.2) is 30.3 Å². The van der Waals surface area contributed by atoms with Gasteiger partial charge in [-0.2, -0.15) is 26.3 Å². The van der Waals surface area contributed by atoms with Crippen LogP contribution in [0.4, 0.5) is 26.3 Å². The average molecular weight is 714 g/mol. The van der Waals surface area contributed by atoms with Gasteiger partial charge in [0.05, 0.1) is 34.8 Å². The van der Waals surface area contributed by atoms with Gasteiger partial charge in [-0.3, -0.25) is 14.4 Å². The third-order valence-electron chi connectivity index (χ3n) is 11.7. The molecule has 3 aliphatic rings. The predicted molar refractivity (Wildman–Crippen MR) is 165 cm³/mol. The number of aliphatic hydroxyl groups excluding tert-OH is 3. The molecule has 15 heteroatoms. The van der Waals surface area contributed by atoms with Crippen LogP contribution in [0.3, 0.4) is 0 Å². The van der Waals surface area contributed by atoms with Crippen LogP contribution in [0, 0.1) is 34.5 Å². The van der Waals surface area contributed by atoms with Crippen LogP contribution >= 0.6 is 0 Å². The van der Waals surface area contributed by atoms with Gasteiger partial charge in [0, 0.05) is 16.4 Å². The fraction of sp³-hybridized carbons (Fsp3) is 0.514. The molecule has 0 spiro atoms. The van der Waals surface area contributed by atoms with Crippen molar-refractivity contribution in [2.75, 3.05) is 0 Å². The number of fused-ring (bicyclic) bond motifs is 3. The monoisotopic (exact) mass is 713 g/mol. The maximum Gasteiger partial charge on any atom is 0.416 e. The number of carbonyl (C=O) groups excluding carboxylic acids is 3. The standard InChI is InChI=1S/C35H37F6NO8/c1-13(2)22-26(45)21(29(42)48)27(46)33(50)28(47)23-25(44)20-19(14(3)31(23,4)30(49)32(22,33)5)9-8-16(24(20)43)7-6-15-10-17(34(36,37)38)12-18(11-15)35(39,40)41/h6-14,21-23,26,28,30,43,45,47,49-50H,1-5H3,(H2,42,48)/b7-6+/t14-,21-,22+,23-,26?,28?,30-,31+,32+,33+/m1/s1. The minimum Gasteiger partial charge on any atom is -0.507 e. The highest BCUT2D eigenvalue weighted by Crippen LogP contribution is 2.68. The Hall–Kier alpha value is -3.79. The second kappa shape index (κ2) is 11.6. The van der Waals surface area contributed by atoms with E-state index in [1.807, 2.05) is 0 Å². The van der Waals surface area contributed by atoms with Gasteiger partial charge in [0.2, 0.25) is 5.91 Å². The van der Waals surface area contributed by atoms with E-state index in [4.69, 9.17) is 5.73 Å². The number of rotatable bonds is 4. The summed E-state index contributed by atoms with van der Waals surface area (Å²) >= 11 is 0. The Labute approximate surface area is 282 Å². The Morgan fingerprint density at radius 3 is 1.96 bits per heavy atom. The Bertz CT molecular complexity index is 1770. The summed E-state index contributed by atoms with van der Waals surface area (Å²) in [4.78, 5) is 40.7. The third-order valence-corrected chi connectivity index (χ3v) is 11.7. The van der Waals surface area contributed by atoms with Crippen molar-refractivity contribution < 1.29 is 66.3 Å². The van der Waals surface area contributed by atoms with Crippen molar-refractivity contribution in [3.63, 3.8) is 0 Å². The molecule has 5 rings (SSSR count). The first kappa shape index (κ1) is 37.5. The van der Waals surface area contributed by atoms with Gasteiger partial charge in [-0.15, -0.1) is 0 Å². The van der Waals surface area contributed by atoms with Gasteiger partial charge >= 0.3 is 12.4 Å². The molecular weight excluding hydrogens is 676 g/mol. The van der Waals surface area contributed by atoms with E-state index in [1.165, 1.54) is 26.0 Å². The van der Waals surface area contributed by atoms with Crippen LogP contribution < -0.4 is 5.73 Å². The van der Waals surface area contributed by atoms with Gasteiger partial charge in [0.1, 0.15) is 17.8 Å². The number of primary amides is 1. The molecular formula is C35H37F6NO8. The number of ketones is 2. The summed E-state index contributed by atoms with van der Waals surface area (Å²) < 4.78 is 80.4. The highest BCUT2D eigenvalue weighted by molar-refractivity contribution is 6.09. The number of nitrogens with two attached hydrogens (primary N) is 1. The first-order valence-electron chi connectivity index (χ1n) is 15.8. The number of phenolic OH excluding ortho intramolecular Hbond substituents is 1. The largest absolute Gasteiger partial charge is 0.507 e. The van der Waals surface area contributed by atoms with Crippen LogP contribution in [-0.2, 0) is 21.9 Å². The van der Waals surface area contributed by atoms with Gasteiger partial charge < -0.3 is 31.3 Å². The van der Waals surface area contributed by atoms with E-state index in [0.29, 0.717) is 12.1 Å². The predicted octanol–water partition coefficient (Wildman–Crippen LogP) is 4.31. The van der Waals surface area contributed by atoms with Crippen LogP contribution in [0.5, 0.6) is 5.75 Å². The number of phenols is 1. The zero-order valence-electron chi connectivity index (χ0n) is 27.5. The fourth-order valence-electron chi connectivity index (χ4n) is 9.17. The van der Waals surface area contributed by atoms with Crippen molar-refractivity contribution in [2.24, 2.45) is 40.2 Å². The minimum atomic E-state index is -5.11. The molecule has 10 atom stereocenters. The van der Waals surface area contributed by atoms with Crippen LogP contribution in [0.25, 0.3) is 12.2 Å². The molecule has 2 unspecified atom stereocenters. The molecule has 2 aromatic carbocycles. The van der Waals surface area contributed by atoms with Gasteiger partial charge in [-0.25, -0.2) is 0 Å². The SMILES string of the molecule is CC(C)[C@H]1C(O)[C@@H](C(N)=O)C(=O)[C@]2(O)C(O)[C@H]3C(=O)c4c(ccc(/C=C/c5cc(C(F)(F)F)cc(C(F)(F)F)c5)c4O)[C@@H](C)[C@]3(C)[C@@H](O)[C@]12C. The lowest BCUT2D eigenvalue weighted by atomic mass is 9.36. The Morgan fingerprint density at radius 1 is 0.940 bits per heavy atom. The van der Waals surface area contributed by atoms with Crippen molar-refractivity contribution in [1.29, 1.82) is 0 Å². The van der Waals surface area contributed by atoms with Crippen molar-refractivity contribution >= 4 is 29.6 Å². The normalized spacial score (nSPS) is 36.0. The molecule has 2 aromatic rings. The van der Waals surface area contributed by atoms with E-state index in [1.54, 1.807) is 20.8 Å². The molecule has 9 nitrogen and oxygen atoms in total. The molecule has 0 aromatic heterocycles. The van der Waals surface area contributed by atoms with Crippen LogP contribution in [0.2, 0.25) is 0 Å². The van der Waals surface area contributed by atoms with Crippen LogP contribution in [-0.4, -0.2) is 66.9 Å². The smallest absolute Gasteiger partial charge is 0.416 e. The van der Waals surface area contributed by atoms with E-state index in [-0.39, 0.29) is 17.2 Å². The van der Waals surface area contributed by atoms with Gasteiger partial charge in [0.25, 0.3) is 0 Å². The zero-order valence-corrected chi connectivity index (χ0v) is 27.5. The summed E-state index contributed by atoms with van der Waals surface area (Å²) in [6.45, 7) is 7.54. The molecule has 1 amide bonds. The van der Waals surface area contributed by atoms with Gasteiger partial charge in [-0.1, -0.05) is 58.9 Å². The Morgan fingerprint density at radius 2 is 1.48 bits per heavy atom. The molecule has 0 radical (unpaired) electrons. The quantitative estimate of drug-likeness (QED) is 0.154. The summed E-state index contributed by atoms with van der Waals surface area (Å²) in [5, 5.41) is 59.1. The highest BCUT2D eigenvalue weighted by atomic mass is 19.4. The lowest BCUT2D eigenvalue weighted by Gasteiger charge is -2.69. The molecule has 0 saturated heterocycles. The number of hydrogen-bond acceptors (Lipinski definition) is 8. The second-order valence-electron chi connectivity index (χ2n) is 14.5. The molecule has 2 saturated carbocycles. The molecule has 50 heavy (non-hydrogen) atoms. The number of aromatic hydroxyl groups is 1. The fourth-order valence-corrected chi connectivity index (χ4v) is 9.17.